The van der Waals surface area contributed by atoms with Crippen LogP contribution in [0.4, 0.5) is 0 Å². The Morgan fingerprint density at radius 2 is 1.79 bits per heavy atom. The monoisotopic (exact) mass is 407 g/mol. The Balaban J connectivity index is 1.27. The molecule has 5 heteroatoms. The highest BCUT2D eigenvalue weighted by Crippen LogP contribution is 2.21. The van der Waals surface area contributed by atoms with Crippen LogP contribution in [0.5, 0.6) is 0 Å². The van der Waals surface area contributed by atoms with Crippen molar-refractivity contribution in [2.45, 2.75) is 51.2 Å². The lowest BCUT2D eigenvalue weighted by Crippen LogP contribution is -2.42. The highest BCUT2D eigenvalue weighted by atomic mass is 35.5. The van der Waals surface area contributed by atoms with Crippen molar-refractivity contribution in [2.24, 2.45) is 0 Å². The van der Waals surface area contributed by atoms with Gasteiger partial charge < -0.3 is 10.6 Å². The number of rotatable bonds is 5. The number of benzene rings is 2. The third-order valence-electron chi connectivity index (χ3n) is 5.70. The second-order valence-corrected chi connectivity index (χ2v) is 8.30. The van der Waals surface area contributed by atoms with Crippen LogP contribution in [0.15, 0.2) is 54.6 Å². The van der Waals surface area contributed by atoms with Gasteiger partial charge in [0, 0.05) is 34.6 Å². The van der Waals surface area contributed by atoms with Gasteiger partial charge in [-0.1, -0.05) is 35.9 Å². The Morgan fingerprint density at radius 3 is 2.59 bits per heavy atom. The van der Waals surface area contributed by atoms with Gasteiger partial charge in [-0.15, -0.1) is 0 Å². The molecule has 1 aliphatic rings. The number of carbonyl (C=O) groups is 1. The van der Waals surface area contributed by atoms with E-state index in [2.05, 4.69) is 41.8 Å². The van der Waals surface area contributed by atoms with E-state index in [0.717, 1.165) is 43.4 Å². The molecule has 2 aromatic carbocycles. The van der Waals surface area contributed by atoms with Crippen LogP contribution in [0.3, 0.4) is 0 Å². The van der Waals surface area contributed by atoms with Crippen molar-refractivity contribution in [3.63, 3.8) is 0 Å². The van der Waals surface area contributed by atoms with Crippen molar-refractivity contribution in [3.8, 4) is 0 Å². The summed E-state index contributed by atoms with van der Waals surface area (Å²) >= 11 is 5.98. The number of aryl methyl sites for hydroxylation is 1. The number of pyridine rings is 1. The second kappa shape index (κ2) is 8.93. The lowest BCUT2D eigenvalue weighted by Gasteiger charge is -2.29. The Labute approximate surface area is 176 Å². The Bertz CT molecular complexity index is 1010. The number of fused-ring (bicyclic) bond motifs is 1. The molecule has 1 aliphatic carbocycles. The first-order chi connectivity index (χ1) is 14.1. The van der Waals surface area contributed by atoms with Crippen LogP contribution >= 0.6 is 11.6 Å². The molecule has 1 fully saturated rings. The number of nitrogens with zero attached hydrogens (tertiary/aromatic N) is 1. The normalized spacial score (nSPS) is 19.2. The molecule has 0 saturated heterocycles. The molecular formula is C24H26ClN3O. The van der Waals surface area contributed by atoms with Crippen molar-refractivity contribution in [3.05, 3.63) is 76.4 Å². The first-order valence-electron chi connectivity index (χ1n) is 10.2. The predicted molar refractivity (Wildman–Crippen MR) is 118 cm³/mol. The molecule has 4 nitrogen and oxygen atoms in total. The highest BCUT2D eigenvalue weighted by Gasteiger charge is 2.22. The molecule has 1 amide bonds. The standard InChI is InChI=1S/C24H26ClN3O/c1-16-13-21(27-23-8-3-2-7-22(16)23)15-26-19-9-11-20(12-10-19)28-24(29)17-5-4-6-18(25)14-17/h2-8,13-14,19-20,26H,9-12,15H2,1H3,(H,28,29). The first kappa shape index (κ1) is 19.9. The van der Waals surface area contributed by atoms with Gasteiger partial charge >= 0.3 is 0 Å². The summed E-state index contributed by atoms with van der Waals surface area (Å²) in [6.07, 6.45) is 4.06. The molecule has 4 rings (SSSR count). The number of hydrogen-bond acceptors (Lipinski definition) is 3. The van der Waals surface area contributed by atoms with E-state index in [4.69, 9.17) is 16.6 Å². The van der Waals surface area contributed by atoms with E-state index in [1.807, 2.05) is 6.07 Å². The molecule has 0 unspecified atom stereocenters. The minimum Gasteiger partial charge on any atom is -0.349 e. The smallest absolute Gasteiger partial charge is 0.251 e. The zero-order valence-corrected chi connectivity index (χ0v) is 17.4. The molecule has 2 N–H and O–H groups in total. The first-order valence-corrected chi connectivity index (χ1v) is 10.6. The van der Waals surface area contributed by atoms with Crippen LogP contribution in [-0.4, -0.2) is 23.0 Å². The van der Waals surface area contributed by atoms with E-state index < -0.39 is 0 Å². The highest BCUT2D eigenvalue weighted by molar-refractivity contribution is 6.30. The van der Waals surface area contributed by atoms with E-state index in [-0.39, 0.29) is 11.9 Å². The molecule has 0 atom stereocenters. The largest absolute Gasteiger partial charge is 0.349 e. The maximum absolute atomic E-state index is 12.4. The molecule has 150 valence electrons. The lowest BCUT2D eigenvalue weighted by molar-refractivity contribution is 0.0924. The van der Waals surface area contributed by atoms with Crippen molar-refractivity contribution in [2.75, 3.05) is 0 Å². The molecule has 29 heavy (non-hydrogen) atoms. The van der Waals surface area contributed by atoms with Gasteiger partial charge in [0.25, 0.3) is 5.91 Å². The van der Waals surface area contributed by atoms with Gasteiger partial charge in [0.15, 0.2) is 0 Å². The Kier molecular flexibility index (Phi) is 6.12. The van der Waals surface area contributed by atoms with Crippen LogP contribution in [0.25, 0.3) is 10.9 Å². The van der Waals surface area contributed by atoms with Crippen LogP contribution < -0.4 is 10.6 Å². The van der Waals surface area contributed by atoms with Crippen molar-refractivity contribution in [1.29, 1.82) is 0 Å². The quantitative estimate of drug-likeness (QED) is 0.623. The SMILES string of the molecule is Cc1cc(CNC2CCC(NC(=O)c3cccc(Cl)c3)CC2)nc2ccccc12. The van der Waals surface area contributed by atoms with Gasteiger partial charge in [0.1, 0.15) is 0 Å². The summed E-state index contributed by atoms with van der Waals surface area (Å²) in [6.45, 7) is 2.91. The van der Waals surface area contributed by atoms with Gasteiger partial charge in [0.2, 0.25) is 0 Å². The van der Waals surface area contributed by atoms with Gasteiger partial charge in [-0.05, 0) is 68.5 Å². The van der Waals surface area contributed by atoms with Crippen LogP contribution in [-0.2, 0) is 6.54 Å². The number of para-hydroxylation sites is 1. The maximum Gasteiger partial charge on any atom is 0.251 e. The van der Waals surface area contributed by atoms with Crippen molar-refractivity contribution < 1.29 is 4.79 Å². The summed E-state index contributed by atoms with van der Waals surface area (Å²) < 4.78 is 0. The summed E-state index contributed by atoms with van der Waals surface area (Å²) in [5.41, 5.74) is 4.02. The summed E-state index contributed by atoms with van der Waals surface area (Å²) in [4.78, 5) is 17.2. The Hall–Kier alpha value is -2.43. The fourth-order valence-electron chi connectivity index (χ4n) is 4.10. The van der Waals surface area contributed by atoms with Crippen LogP contribution in [0.2, 0.25) is 5.02 Å². The van der Waals surface area contributed by atoms with E-state index in [9.17, 15) is 4.79 Å². The number of hydrogen-bond donors (Lipinski definition) is 2. The molecule has 1 heterocycles. The third kappa shape index (κ3) is 4.95. The van der Waals surface area contributed by atoms with Crippen LogP contribution in [0.1, 0.15) is 47.3 Å². The molecule has 0 radical (unpaired) electrons. The van der Waals surface area contributed by atoms with Crippen molar-refractivity contribution >= 4 is 28.4 Å². The molecule has 0 spiro atoms. The third-order valence-corrected chi connectivity index (χ3v) is 5.93. The molecule has 3 aromatic rings. The number of halogens is 1. The van der Waals surface area contributed by atoms with E-state index in [1.165, 1.54) is 10.9 Å². The number of amides is 1. The van der Waals surface area contributed by atoms with Gasteiger partial charge in [-0.25, -0.2) is 0 Å². The fraction of sp³-hybridized carbons (Fsp3) is 0.333. The van der Waals surface area contributed by atoms with E-state index in [0.29, 0.717) is 16.6 Å². The molecule has 1 aromatic heterocycles. The maximum atomic E-state index is 12.4. The molecule has 0 aliphatic heterocycles. The summed E-state index contributed by atoms with van der Waals surface area (Å²) in [7, 11) is 0. The van der Waals surface area contributed by atoms with E-state index >= 15 is 0 Å². The van der Waals surface area contributed by atoms with E-state index in [1.54, 1.807) is 24.3 Å². The van der Waals surface area contributed by atoms with Gasteiger partial charge in [-0.3, -0.25) is 9.78 Å². The molecule has 0 bridgehead atoms. The summed E-state index contributed by atoms with van der Waals surface area (Å²) in [5.74, 6) is -0.0419. The fourth-order valence-corrected chi connectivity index (χ4v) is 4.29. The number of aromatic nitrogens is 1. The molecule has 1 saturated carbocycles. The summed E-state index contributed by atoms with van der Waals surface area (Å²) in [6, 6.07) is 18.2. The average molecular weight is 408 g/mol. The zero-order chi connectivity index (χ0) is 20.2. The number of nitrogens with one attached hydrogen (secondary N) is 2. The molecular weight excluding hydrogens is 382 g/mol. The topological polar surface area (TPSA) is 54.0 Å². The second-order valence-electron chi connectivity index (χ2n) is 7.86. The van der Waals surface area contributed by atoms with Gasteiger partial charge in [0.05, 0.1) is 11.2 Å². The van der Waals surface area contributed by atoms with Gasteiger partial charge in [-0.2, -0.15) is 0 Å². The predicted octanol–water partition coefficient (Wildman–Crippen LogP) is 5.03. The minimum atomic E-state index is -0.0419. The number of carbonyl (C=O) groups excluding carboxylic acids is 1. The summed E-state index contributed by atoms with van der Waals surface area (Å²) in [5, 5.41) is 8.60. The lowest BCUT2D eigenvalue weighted by atomic mass is 9.91. The minimum absolute atomic E-state index is 0.0419. The van der Waals surface area contributed by atoms with Crippen LogP contribution in [0, 0.1) is 6.92 Å². The van der Waals surface area contributed by atoms with Crippen molar-refractivity contribution in [1.82, 2.24) is 15.6 Å². The Morgan fingerprint density at radius 1 is 1.03 bits per heavy atom. The average Bonchev–Trinajstić information content (AvgIpc) is 2.73. The zero-order valence-electron chi connectivity index (χ0n) is 16.6.